The topological polar surface area (TPSA) is 111 Å². The van der Waals surface area contributed by atoms with Gasteiger partial charge < -0.3 is 10.1 Å². The number of nitro groups is 1. The van der Waals surface area contributed by atoms with Crippen molar-refractivity contribution in [3.8, 4) is 10.6 Å². The number of para-hydroxylation sites is 1. The Morgan fingerprint density at radius 3 is 2.39 bits per heavy atom. The van der Waals surface area contributed by atoms with E-state index in [-0.39, 0.29) is 11.3 Å². The Bertz CT molecular complexity index is 1640. The van der Waals surface area contributed by atoms with Crippen LogP contribution in [-0.4, -0.2) is 21.8 Å². The SMILES string of the molecule is O=C(O[C@@H](C(=O)Nc1ccc([N+](=O)[O-])cc1Br)c1ccccc1)c1ccccc1-c1nc2ccccc2s1. The van der Waals surface area contributed by atoms with Crippen molar-refractivity contribution < 1.29 is 19.2 Å². The lowest BCUT2D eigenvalue weighted by Gasteiger charge is -2.19. The van der Waals surface area contributed by atoms with E-state index in [9.17, 15) is 19.7 Å². The summed E-state index contributed by atoms with van der Waals surface area (Å²) in [7, 11) is 0. The second-order valence-electron chi connectivity index (χ2n) is 8.14. The normalized spacial score (nSPS) is 11.6. The number of benzene rings is 4. The van der Waals surface area contributed by atoms with E-state index in [0.717, 1.165) is 10.2 Å². The lowest BCUT2D eigenvalue weighted by molar-refractivity contribution is -0.384. The first-order valence-electron chi connectivity index (χ1n) is 11.4. The Morgan fingerprint density at radius 2 is 1.66 bits per heavy atom. The third-order valence-electron chi connectivity index (χ3n) is 5.66. The molecule has 8 nitrogen and oxygen atoms in total. The minimum atomic E-state index is -1.28. The molecule has 0 unspecified atom stereocenters. The summed E-state index contributed by atoms with van der Waals surface area (Å²) in [6.07, 6.45) is -1.28. The van der Waals surface area contributed by atoms with Gasteiger partial charge >= 0.3 is 5.97 Å². The summed E-state index contributed by atoms with van der Waals surface area (Å²) < 4.78 is 7.10. The molecule has 0 spiro atoms. The van der Waals surface area contributed by atoms with Crippen LogP contribution in [0.3, 0.4) is 0 Å². The van der Waals surface area contributed by atoms with Crippen LogP contribution in [0.2, 0.25) is 0 Å². The number of aromatic nitrogens is 1. The van der Waals surface area contributed by atoms with E-state index >= 15 is 0 Å². The zero-order valence-corrected chi connectivity index (χ0v) is 21.9. The Balaban J connectivity index is 1.45. The van der Waals surface area contributed by atoms with Crippen molar-refractivity contribution in [1.82, 2.24) is 4.98 Å². The van der Waals surface area contributed by atoms with Crippen LogP contribution < -0.4 is 5.32 Å². The molecule has 0 saturated heterocycles. The number of halogens is 1. The monoisotopic (exact) mass is 587 g/mol. The number of non-ortho nitro benzene ring substituents is 1. The lowest BCUT2D eigenvalue weighted by Crippen LogP contribution is -2.26. The number of esters is 1. The number of anilines is 1. The van der Waals surface area contributed by atoms with Crippen LogP contribution in [0.25, 0.3) is 20.8 Å². The molecule has 0 radical (unpaired) electrons. The first-order valence-corrected chi connectivity index (χ1v) is 13.0. The van der Waals surface area contributed by atoms with Crippen molar-refractivity contribution in [2.24, 2.45) is 0 Å². The zero-order chi connectivity index (χ0) is 26.6. The van der Waals surface area contributed by atoms with Crippen molar-refractivity contribution in [1.29, 1.82) is 0 Å². The van der Waals surface area contributed by atoms with Crippen molar-refractivity contribution in [2.45, 2.75) is 6.10 Å². The molecule has 5 rings (SSSR count). The molecule has 0 aliphatic rings. The number of hydrogen-bond donors (Lipinski definition) is 1. The molecule has 0 saturated carbocycles. The number of hydrogen-bond acceptors (Lipinski definition) is 7. The molecule has 188 valence electrons. The van der Waals surface area contributed by atoms with Crippen LogP contribution in [0, 0.1) is 10.1 Å². The fourth-order valence-electron chi connectivity index (χ4n) is 3.82. The van der Waals surface area contributed by atoms with Crippen molar-refractivity contribution in [2.75, 3.05) is 5.32 Å². The van der Waals surface area contributed by atoms with Crippen LogP contribution in [0.1, 0.15) is 22.0 Å². The predicted octanol–water partition coefficient (Wildman–Crippen LogP) is 7.17. The number of amides is 1. The number of carbonyl (C=O) groups is 2. The quantitative estimate of drug-likeness (QED) is 0.123. The summed E-state index contributed by atoms with van der Waals surface area (Å²) in [5.41, 5.74) is 2.33. The lowest BCUT2D eigenvalue weighted by atomic mass is 10.1. The second-order valence-corrected chi connectivity index (χ2v) is 10.0. The highest BCUT2D eigenvalue weighted by molar-refractivity contribution is 9.10. The fourth-order valence-corrected chi connectivity index (χ4v) is 5.29. The molecule has 1 amide bonds. The van der Waals surface area contributed by atoms with Gasteiger partial charge in [-0.2, -0.15) is 0 Å². The fraction of sp³-hybridized carbons (Fsp3) is 0.0357. The molecular weight excluding hydrogens is 570 g/mol. The van der Waals surface area contributed by atoms with Gasteiger partial charge in [0.25, 0.3) is 11.6 Å². The van der Waals surface area contributed by atoms with Crippen molar-refractivity contribution >= 4 is 60.7 Å². The Labute approximate surface area is 229 Å². The number of carbonyl (C=O) groups excluding carboxylic acids is 2. The number of nitrogens with one attached hydrogen (secondary N) is 1. The average molecular weight is 588 g/mol. The van der Waals surface area contributed by atoms with Gasteiger partial charge in [0, 0.05) is 27.7 Å². The van der Waals surface area contributed by atoms with Crippen LogP contribution in [-0.2, 0) is 9.53 Å². The molecule has 10 heteroatoms. The maximum absolute atomic E-state index is 13.5. The summed E-state index contributed by atoms with van der Waals surface area (Å²) >= 11 is 4.71. The van der Waals surface area contributed by atoms with Gasteiger partial charge in [-0.05, 0) is 40.2 Å². The van der Waals surface area contributed by atoms with Crippen LogP contribution in [0.4, 0.5) is 11.4 Å². The summed E-state index contributed by atoms with van der Waals surface area (Å²) in [6, 6.07) is 27.3. The molecule has 0 bridgehead atoms. The van der Waals surface area contributed by atoms with Gasteiger partial charge in [-0.1, -0.05) is 60.7 Å². The van der Waals surface area contributed by atoms with E-state index < -0.39 is 22.9 Å². The Hall–Kier alpha value is -4.41. The van der Waals surface area contributed by atoms with E-state index in [0.29, 0.717) is 26.3 Å². The molecule has 0 aliphatic carbocycles. The van der Waals surface area contributed by atoms with Crippen LogP contribution in [0.15, 0.2) is 102 Å². The number of ether oxygens (including phenoxy) is 1. The standard InChI is InChI=1S/C28H18BrN3O5S/c29-21-16-18(32(35)36)14-15-22(21)30-26(33)25(17-8-2-1-3-9-17)37-28(34)20-11-5-4-10-19(20)27-31-23-12-6-7-13-24(23)38-27/h1-16,25H,(H,30,33)/t25-/m1/s1. The van der Waals surface area contributed by atoms with E-state index in [1.165, 1.54) is 29.5 Å². The summed E-state index contributed by atoms with van der Waals surface area (Å²) in [6.45, 7) is 0. The van der Waals surface area contributed by atoms with E-state index in [4.69, 9.17) is 4.74 Å². The second kappa shape index (κ2) is 10.9. The van der Waals surface area contributed by atoms with Gasteiger partial charge in [-0.25, -0.2) is 9.78 Å². The van der Waals surface area contributed by atoms with Crippen molar-refractivity contribution in [3.63, 3.8) is 0 Å². The van der Waals surface area contributed by atoms with Gasteiger partial charge in [0.2, 0.25) is 6.10 Å². The minimum Gasteiger partial charge on any atom is -0.444 e. The van der Waals surface area contributed by atoms with Gasteiger partial charge in [-0.3, -0.25) is 14.9 Å². The highest BCUT2D eigenvalue weighted by Crippen LogP contribution is 2.34. The molecule has 0 fully saturated rings. The minimum absolute atomic E-state index is 0.132. The molecule has 38 heavy (non-hydrogen) atoms. The van der Waals surface area contributed by atoms with E-state index in [1.807, 2.05) is 30.3 Å². The Kier molecular flexibility index (Phi) is 7.25. The maximum atomic E-state index is 13.5. The largest absolute Gasteiger partial charge is 0.444 e. The Morgan fingerprint density at radius 1 is 0.947 bits per heavy atom. The number of thiazole rings is 1. The molecular formula is C28H18BrN3O5S. The van der Waals surface area contributed by atoms with E-state index in [2.05, 4.69) is 26.2 Å². The number of nitrogens with zero attached hydrogens (tertiary/aromatic N) is 2. The average Bonchev–Trinajstić information content (AvgIpc) is 3.37. The van der Waals surface area contributed by atoms with E-state index in [1.54, 1.807) is 48.5 Å². The number of fused-ring (bicyclic) bond motifs is 1. The van der Waals surface area contributed by atoms with Gasteiger partial charge in [0.15, 0.2) is 0 Å². The highest BCUT2D eigenvalue weighted by Gasteiger charge is 2.28. The molecule has 5 aromatic rings. The summed E-state index contributed by atoms with van der Waals surface area (Å²) in [4.78, 5) is 42.0. The number of nitro benzene ring substituents is 1. The first kappa shape index (κ1) is 25.2. The molecule has 0 aliphatic heterocycles. The molecule has 1 atom stereocenters. The predicted molar refractivity (Wildman–Crippen MR) is 149 cm³/mol. The highest BCUT2D eigenvalue weighted by atomic mass is 79.9. The summed E-state index contributed by atoms with van der Waals surface area (Å²) in [5.74, 6) is -1.30. The third kappa shape index (κ3) is 5.31. The smallest absolute Gasteiger partial charge is 0.339 e. The van der Waals surface area contributed by atoms with Crippen molar-refractivity contribution in [3.05, 3.63) is 123 Å². The zero-order valence-electron chi connectivity index (χ0n) is 19.5. The molecule has 1 N–H and O–H groups in total. The van der Waals surface area contributed by atoms with Gasteiger partial charge in [0.1, 0.15) is 5.01 Å². The van der Waals surface area contributed by atoms with Gasteiger partial charge in [0.05, 0.1) is 26.4 Å². The third-order valence-corrected chi connectivity index (χ3v) is 7.38. The molecule has 4 aromatic carbocycles. The number of rotatable bonds is 7. The molecule has 1 aromatic heterocycles. The summed E-state index contributed by atoms with van der Waals surface area (Å²) in [5, 5.41) is 14.4. The van der Waals surface area contributed by atoms with Crippen LogP contribution >= 0.6 is 27.3 Å². The van der Waals surface area contributed by atoms with Gasteiger partial charge in [-0.15, -0.1) is 11.3 Å². The van der Waals surface area contributed by atoms with Crippen LogP contribution in [0.5, 0.6) is 0 Å². The first-order chi connectivity index (χ1) is 18.4. The maximum Gasteiger partial charge on any atom is 0.339 e. The molecule has 1 heterocycles.